The number of rotatable bonds is 4. The first-order chi connectivity index (χ1) is 8.81. The summed E-state index contributed by atoms with van der Waals surface area (Å²) in [6, 6.07) is 5.78. The number of carbonyl (C=O) groups excluding carboxylic acids is 1. The van der Waals surface area contributed by atoms with Crippen LogP contribution in [-0.4, -0.2) is 23.3 Å². The Morgan fingerprint density at radius 3 is 2.78 bits per heavy atom. The van der Waals surface area contributed by atoms with E-state index >= 15 is 0 Å². The van der Waals surface area contributed by atoms with Crippen molar-refractivity contribution in [3.05, 3.63) is 24.4 Å². The molecule has 0 amide bonds. The summed E-state index contributed by atoms with van der Waals surface area (Å²) in [6.45, 7) is 0. The topological polar surface area (TPSA) is 39.2 Å². The van der Waals surface area contributed by atoms with E-state index in [1.54, 1.807) is 18.0 Å². The molecule has 1 aliphatic carbocycles. The van der Waals surface area contributed by atoms with Gasteiger partial charge >= 0.3 is 5.97 Å². The third-order valence-corrected chi connectivity index (χ3v) is 4.71. The molecule has 1 aliphatic rings. The van der Waals surface area contributed by atoms with Crippen molar-refractivity contribution in [2.75, 3.05) is 7.11 Å². The summed E-state index contributed by atoms with van der Waals surface area (Å²) in [6.07, 6.45) is 7.75. The highest BCUT2D eigenvalue weighted by Crippen LogP contribution is 2.36. The van der Waals surface area contributed by atoms with Crippen LogP contribution in [0.2, 0.25) is 0 Å². The first-order valence-corrected chi connectivity index (χ1v) is 7.34. The van der Waals surface area contributed by atoms with Crippen LogP contribution < -0.4 is 0 Å². The van der Waals surface area contributed by atoms with Gasteiger partial charge in [-0.2, -0.15) is 0 Å². The van der Waals surface area contributed by atoms with Crippen LogP contribution in [0.3, 0.4) is 0 Å². The minimum Gasteiger partial charge on any atom is -0.468 e. The molecule has 4 heteroatoms. The van der Waals surface area contributed by atoms with Crippen LogP contribution in [0.5, 0.6) is 0 Å². The second-order valence-corrected chi connectivity index (χ2v) is 5.79. The van der Waals surface area contributed by atoms with Gasteiger partial charge in [0.15, 0.2) is 0 Å². The van der Waals surface area contributed by atoms with Crippen molar-refractivity contribution in [3.63, 3.8) is 0 Å². The van der Waals surface area contributed by atoms with Gasteiger partial charge in [-0.15, -0.1) is 0 Å². The number of hydrogen-bond donors (Lipinski definition) is 0. The smallest absolute Gasteiger partial charge is 0.319 e. The van der Waals surface area contributed by atoms with Gasteiger partial charge < -0.3 is 4.74 Å². The van der Waals surface area contributed by atoms with Crippen molar-refractivity contribution >= 4 is 17.7 Å². The molecule has 98 valence electrons. The van der Waals surface area contributed by atoms with Crippen LogP contribution in [0.1, 0.15) is 32.1 Å². The zero-order valence-electron chi connectivity index (χ0n) is 10.7. The lowest BCUT2D eigenvalue weighted by molar-refractivity contribution is -0.141. The molecule has 0 bridgehead atoms. The summed E-state index contributed by atoms with van der Waals surface area (Å²) in [7, 11) is 1.47. The summed E-state index contributed by atoms with van der Waals surface area (Å²) >= 11 is 1.54. The molecule has 1 aromatic rings. The third-order valence-electron chi connectivity index (χ3n) is 3.40. The SMILES string of the molecule is COC(=O)C(Sc1ccccn1)C1CCCCC1. The van der Waals surface area contributed by atoms with E-state index in [1.165, 1.54) is 26.4 Å². The minimum atomic E-state index is -0.113. The molecule has 0 aliphatic heterocycles. The van der Waals surface area contributed by atoms with Crippen molar-refractivity contribution in [2.45, 2.75) is 42.4 Å². The van der Waals surface area contributed by atoms with Crippen molar-refractivity contribution in [1.29, 1.82) is 0 Å². The summed E-state index contributed by atoms with van der Waals surface area (Å²) in [5.74, 6) is 0.316. The van der Waals surface area contributed by atoms with Gasteiger partial charge in [-0.3, -0.25) is 4.79 Å². The molecular weight excluding hydrogens is 246 g/mol. The van der Waals surface area contributed by atoms with Crippen LogP contribution in [0.25, 0.3) is 0 Å². The lowest BCUT2D eigenvalue weighted by Gasteiger charge is -2.27. The molecule has 1 unspecified atom stereocenters. The van der Waals surface area contributed by atoms with Gasteiger partial charge in [0.1, 0.15) is 5.25 Å². The Kier molecular flexibility index (Phi) is 5.05. The van der Waals surface area contributed by atoms with Crippen LogP contribution >= 0.6 is 11.8 Å². The maximum atomic E-state index is 11.9. The molecule has 1 atom stereocenters. The highest BCUT2D eigenvalue weighted by atomic mass is 32.2. The van der Waals surface area contributed by atoms with E-state index in [4.69, 9.17) is 4.74 Å². The summed E-state index contributed by atoms with van der Waals surface area (Å²) in [5.41, 5.74) is 0. The van der Waals surface area contributed by atoms with E-state index in [0.29, 0.717) is 5.92 Å². The van der Waals surface area contributed by atoms with Gasteiger partial charge in [0, 0.05) is 6.20 Å². The number of carbonyl (C=O) groups is 1. The molecule has 2 rings (SSSR count). The monoisotopic (exact) mass is 265 g/mol. The van der Waals surface area contributed by atoms with E-state index in [-0.39, 0.29) is 11.2 Å². The number of hydrogen-bond acceptors (Lipinski definition) is 4. The fraction of sp³-hybridized carbons (Fsp3) is 0.571. The summed E-state index contributed by atoms with van der Waals surface area (Å²) in [4.78, 5) is 16.2. The maximum Gasteiger partial charge on any atom is 0.319 e. The predicted octanol–water partition coefficient (Wildman–Crippen LogP) is 3.30. The zero-order chi connectivity index (χ0) is 12.8. The van der Waals surface area contributed by atoms with Gasteiger partial charge in [-0.25, -0.2) is 4.98 Å². The Balaban J connectivity index is 2.07. The number of pyridine rings is 1. The van der Waals surface area contributed by atoms with Crippen LogP contribution in [0.4, 0.5) is 0 Å². The quantitative estimate of drug-likeness (QED) is 0.618. The molecular formula is C14H19NO2S. The van der Waals surface area contributed by atoms with Crippen LogP contribution in [0.15, 0.2) is 29.4 Å². The molecule has 18 heavy (non-hydrogen) atoms. The molecule has 1 saturated carbocycles. The fourth-order valence-corrected chi connectivity index (χ4v) is 3.63. The van der Waals surface area contributed by atoms with E-state index < -0.39 is 0 Å². The Bertz CT molecular complexity index is 377. The van der Waals surface area contributed by atoms with Crippen molar-refractivity contribution in [1.82, 2.24) is 4.98 Å². The number of nitrogens with zero attached hydrogens (tertiary/aromatic N) is 1. The van der Waals surface area contributed by atoms with Crippen LogP contribution in [0, 0.1) is 5.92 Å². The number of thioether (sulfide) groups is 1. The second-order valence-electron chi connectivity index (χ2n) is 4.63. The largest absolute Gasteiger partial charge is 0.468 e. The van der Waals surface area contributed by atoms with Gasteiger partial charge in [0.2, 0.25) is 0 Å². The van der Waals surface area contributed by atoms with Gasteiger partial charge in [0.25, 0.3) is 0 Å². The van der Waals surface area contributed by atoms with Crippen molar-refractivity contribution in [3.8, 4) is 0 Å². The average Bonchev–Trinajstić information content (AvgIpc) is 2.46. The number of methoxy groups -OCH3 is 1. The van der Waals surface area contributed by atoms with Crippen molar-refractivity contribution in [2.24, 2.45) is 5.92 Å². The molecule has 1 fully saturated rings. The van der Waals surface area contributed by atoms with E-state index in [0.717, 1.165) is 17.9 Å². The van der Waals surface area contributed by atoms with Crippen molar-refractivity contribution < 1.29 is 9.53 Å². The summed E-state index contributed by atoms with van der Waals surface area (Å²) < 4.78 is 4.95. The lowest BCUT2D eigenvalue weighted by Crippen LogP contribution is -2.29. The molecule has 0 radical (unpaired) electrons. The average molecular weight is 265 g/mol. The molecule has 1 heterocycles. The first-order valence-electron chi connectivity index (χ1n) is 6.47. The standard InChI is InChI=1S/C14H19NO2S/c1-17-14(16)13(11-7-3-2-4-8-11)18-12-9-5-6-10-15-12/h5-6,9-11,13H,2-4,7-8H2,1H3. The van der Waals surface area contributed by atoms with Gasteiger partial charge in [-0.05, 0) is 30.9 Å². The normalized spacial score (nSPS) is 18.3. The molecule has 0 saturated heterocycles. The summed E-state index contributed by atoms with van der Waals surface area (Å²) in [5, 5.41) is 0.795. The van der Waals surface area contributed by atoms with E-state index in [1.807, 2.05) is 18.2 Å². The number of esters is 1. The highest BCUT2D eigenvalue weighted by molar-refractivity contribution is 8.00. The number of aromatic nitrogens is 1. The molecule has 0 N–H and O–H groups in total. The predicted molar refractivity (Wildman–Crippen MR) is 72.5 cm³/mol. The third kappa shape index (κ3) is 3.48. The minimum absolute atomic E-state index is 0.106. The van der Waals surface area contributed by atoms with Gasteiger partial charge in [0.05, 0.1) is 12.1 Å². The second kappa shape index (κ2) is 6.78. The highest BCUT2D eigenvalue weighted by Gasteiger charge is 2.31. The van der Waals surface area contributed by atoms with Gasteiger partial charge in [-0.1, -0.05) is 37.1 Å². The number of ether oxygens (including phenoxy) is 1. The lowest BCUT2D eigenvalue weighted by atomic mass is 9.87. The Morgan fingerprint density at radius 1 is 1.39 bits per heavy atom. The maximum absolute atomic E-state index is 11.9. The Labute approximate surface area is 112 Å². The molecule has 1 aromatic heterocycles. The van der Waals surface area contributed by atoms with E-state index in [9.17, 15) is 4.79 Å². The molecule has 3 nitrogen and oxygen atoms in total. The first kappa shape index (κ1) is 13.4. The zero-order valence-corrected chi connectivity index (χ0v) is 11.5. The Hall–Kier alpha value is -1.03. The van der Waals surface area contributed by atoms with E-state index in [2.05, 4.69) is 4.98 Å². The fourth-order valence-electron chi connectivity index (χ4n) is 2.44. The Morgan fingerprint density at radius 2 is 2.17 bits per heavy atom. The molecule has 0 spiro atoms. The van der Waals surface area contributed by atoms with Crippen LogP contribution in [-0.2, 0) is 9.53 Å². The molecule has 0 aromatic carbocycles.